The van der Waals surface area contributed by atoms with Gasteiger partial charge >= 0.3 is 22.3 Å². The Balaban J connectivity index is -0.0000000362. The molecule has 164 valence electrons. The van der Waals surface area contributed by atoms with Gasteiger partial charge in [0.25, 0.3) is 0 Å². The van der Waals surface area contributed by atoms with Gasteiger partial charge in [-0.25, -0.2) is 0 Å². The van der Waals surface area contributed by atoms with Crippen molar-refractivity contribution in [2.24, 2.45) is 0 Å². The molecule has 0 heterocycles. The second-order valence-electron chi connectivity index (χ2n) is 4.63. The molecular weight excluding hydrogens is 403 g/mol. The van der Waals surface area contributed by atoms with E-state index in [2.05, 4.69) is 13.8 Å². The molecule has 0 saturated heterocycles. The van der Waals surface area contributed by atoms with Crippen molar-refractivity contribution >= 4 is 29.3 Å². The van der Waals surface area contributed by atoms with E-state index < -0.39 is 29.3 Å². The number of rotatable bonds is 8. The zero-order valence-corrected chi connectivity index (χ0v) is 17.1. The monoisotopic (exact) mass is 428 g/mol. The third-order valence-corrected chi connectivity index (χ3v) is 2.21. The van der Waals surface area contributed by atoms with Crippen LogP contribution < -0.4 is 60.3 Å². The van der Waals surface area contributed by atoms with Crippen LogP contribution >= 0.6 is 0 Å². The van der Waals surface area contributed by atoms with Crippen molar-refractivity contribution in [3.8, 4) is 0 Å². The molecule has 0 radical (unpaired) electrons. The van der Waals surface area contributed by atoms with E-state index in [4.69, 9.17) is 60.3 Å². The Hall–Kier alpha value is -0.220. The van der Waals surface area contributed by atoms with Crippen molar-refractivity contribution in [2.75, 3.05) is 0 Å². The van der Waals surface area contributed by atoms with Gasteiger partial charge in [-0.05, 0) is 0 Å². The summed E-state index contributed by atoms with van der Waals surface area (Å²) in [5.74, 6) is 0. The second-order valence-corrected chi connectivity index (χ2v) is 4.63. The smallest absolute Gasteiger partial charge is 0.907 e. The van der Waals surface area contributed by atoms with Gasteiger partial charge < -0.3 is 60.3 Å². The molecule has 0 saturated carbocycles. The summed E-state index contributed by atoms with van der Waals surface area (Å²) in [4.78, 5) is 0. The molecule has 16 heteroatoms. The summed E-state index contributed by atoms with van der Waals surface area (Å²) in [6.45, 7) is 4.55. The first kappa shape index (κ1) is 52.0. The predicted molar refractivity (Wildman–Crippen MR) is 85.6 cm³/mol. The van der Waals surface area contributed by atoms with Gasteiger partial charge in [0.2, 0.25) is 0 Å². The first-order valence-electron chi connectivity index (χ1n) is 8.24. The molecule has 30 heavy (non-hydrogen) atoms. The minimum atomic E-state index is -2.92. The molecule has 0 spiro atoms. The van der Waals surface area contributed by atoms with Gasteiger partial charge in [0.15, 0.2) is 0 Å². The van der Waals surface area contributed by atoms with Crippen LogP contribution in [0.15, 0.2) is 0 Å². The van der Waals surface area contributed by atoms with Crippen molar-refractivity contribution in [1.29, 1.82) is 0 Å². The molecule has 0 aromatic carbocycles. The summed E-state index contributed by atoms with van der Waals surface area (Å²) >= 11 is 0. The fraction of sp³-hybridized carbons (Fsp3) is 0.786. The quantitative estimate of drug-likeness (QED) is 0.257. The minimum Gasteiger partial charge on any atom is -0.907 e. The van der Waals surface area contributed by atoms with Crippen LogP contribution in [0.2, 0.25) is 0 Å². The zero-order valence-electron chi connectivity index (χ0n) is 17.1. The topological polar surface area (TPSA) is 277 Å². The van der Waals surface area contributed by atoms with Crippen molar-refractivity contribution in [1.82, 2.24) is 0 Å². The maximum Gasteiger partial charge on any atom is 4.00 e. The fourth-order valence-electron chi connectivity index (χ4n) is 1.38. The first-order chi connectivity index (χ1) is 12.3. The Labute approximate surface area is 184 Å². The normalized spacial score (nSPS) is 7.40. The van der Waals surface area contributed by atoms with Crippen molar-refractivity contribution < 1.29 is 60.3 Å². The maximum absolute atomic E-state index is 8.42. The molecule has 0 aliphatic heterocycles. The summed E-state index contributed by atoms with van der Waals surface area (Å²) < 4.78 is 0. The Bertz CT molecular complexity index is 176. The summed E-state index contributed by atoms with van der Waals surface area (Å²) in [5, 5.41) is 101. The third kappa shape index (κ3) is 329. The van der Waals surface area contributed by atoms with E-state index >= 15 is 0 Å². The van der Waals surface area contributed by atoms with E-state index in [9.17, 15) is 0 Å². The SMILES string of the molecule is CCCCCCCCCCC.[C+4].[C+4].[C+4].[O-]B([O-])[O-].[O-]B([O-])[O-].[O-]B([O-])[O-].[O-]B([O-])[O-]. The van der Waals surface area contributed by atoms with E-state index in [1.54, 1.807) is 0 Å². The maximum atomic E-state index is 8.42. The van der Waals surface area contributed by atoms with Gasteiger partial charge in [0.05, 0.1) is 0 Å². The molecule has 0 atom stereocenters. The standard InChI is InChI=1S/C11H24.3C.4BO3/c1-3-5-7-9-11-10-8-6-4-2;;;;4*2-1(3)4/h3-11H2,1-2H3;;;;;;;/q;3*+4;4*-3. The molecule has 0 aliphatic rings. The number of hydrogen-bond acceptors (Lipinski definition) is 12. The molecule has 0 aliphatic carbocycles. The summed E-state index contributed by atoms with van der Waals surface area (Å²) in [7, 11) is -11.7. The number of hydrogen-bond donors (Lipinski definition) is 0. The van der Waals surface area contributed by atoms with Gasteiger partial charge in [-0.1, -0.05) is 71.6 Å². The van der Waals surface area contributed by atoms with Crippen LogP contribution in [0, 0.1) is 22.3 Å². The molecule has 0 rings (SSSR count). The van der Waals surface area contributed by atoms with Gasteiger partial charge in [0.1, 0.15) is 0 Å². The van der Waals surface area contributed by atoms with Crippen LogP contribution in [0.4, 0.5) is 0 Å². The van der Waals surface area contributed by atoms with E-state index in [-0.39, 0.29) is 22.3 Å². The summed E-state index contributed by atoms with van der Waals surface area (Å²) in [6.07, 6.45) is 13.0. The van der Waals surface area contributed by atoms with Gasteiger partial charge in [-0.15, -0.1) is 0 Å². The molecule has 0 aromatic rings. The van der Waals surface area contributed by atoms with Crippen molar-refractivity contribution in [2.45, 2.75) is 71.6 Å². The van der Waals surface area contributed by atoms with E-state index in [0.717, 1.165) is 0 Å². The van der Waals surface area contributed by atoms with Crippen LogP contribution in [0.25, 0.3) is 0 Å². The van der Waals surface area contributed by atoms with Crippen molar-refractivity contribution in [3.63, 3.8) is 0 Å². The molecular formula is C14H24B4O12. The van der Waals surface area contributed by atoms with Crippen LogP contribution in [-0.4, -0.2) is 29.3 Å². The van der Waals surface area contributed by atoms with Crippen LogP contribution in [-0.2, 0) is 0 Å². The Morgan fingerprint density at radius 3 is 0.533 bits per heavy atom. The molecule has 0 unspecified atom stereocenters. The third-order valence-electron chi connectivity index (χ3n) is 2.21. The molecule has 12 nitrogen and oxygen atoms in total. The Morgan fingerprint density at radius 2 is 0.433 bits per heavy atom. The Kier molecular flexibility index (Phi) is 89.2. The van der Waals surface area contributed by atoms with Crippen LogP contribution in [0.3, 0.4) is 0 Å². The van der Waals surface area contributed by atoms with Crippen molar-refractivity contribution in [3.05, 3.63) is 22.3 Å². The van der Waals surface area contributed by atoms with Gasteiger partial charge in [-0.3, -0.25) is 29.3 Å². The number of unbranched alkanes of at least 4 members (excludes halogenated alkanes) is 8. The molecule has 0 amide bonds. The fourth-order valence-corrected chi connectivity index (χ4v) is 1.38. The molecule has 0 fully saturated rings. The summed E-state index contributed by atoms with van der Waals surface area (Å²) in [5.41, 5.74) is 0. The average Bonchev–Trinajstić information content (AvgIpc) is 2.44. The van der Waals surface area contributed by atoms with E-state index in [0.29, 0.717) is 0 Å². The molecule has 0 aromatic heterocycles. The zero-order chi connectivity index (χ0) is 22.7. The second kappa shape index (κ2) is 51.4. The largest absolute Gasteiger partial charge is 4.00 e. The van der Waals surface area contributed by atoms with Gasteiger partial charge in [0, 0.05) is 0 Å². The average molecular weight is 428 g/mol. The first-order valence-corrected chi connectivity index (χ1v) is 8.24. The predicted octanol–water partition coefficient (Wildman–Crippen LogP) is -11.0. The van der Waals surface area contributed by atoms with Gasteiger partial charge in [-0.2, -0.15) is 0 Å². The molecule has 0 bridgehead atoms. The van der Waals surface area contributed by atoms with Crippen LogP contribution in [0.5, 0.6) is 0 Å². The van der Waals surface area contributed by atoms with E-state index in [1.165, 1.54) is 57.8 Å². The molecule has 0 N–H and O–H groups in total. The van der Waals surface area contributed by atoms with Crippen LogP contribution in [0.1, 0.15) is 71.6 Å². The Morgan fingerprint density at radius 1 is 0.333 bits per heavy atom. The minimum absolute atomic E-state index is 0. The summed E-state index contributed by atoms with van der Waals surface area (Å²) in [6, 6.07) is 0. The van der Waals surface area contributed by atoms with E-state index in [1.807, 2.05) is 0 Å².